The quantitative estimate of drug-likeness (QED) is 0.661. The van der Waals surface area contributed by atoms with Crippen LogP contribution in [0.25, 0.3) is 10.9 Å². The minimum absolute atomic E-state index is 0.497. The zero-order chi connectivity index (χ0) is 11.5. The van der Waals surface area contributed by atoms with Crippen molar-refractivity contribution in [3.63, 3.8) is 0 Å². The van der Waals surface area contributed by atoms with Crippen molar-refractivity contribution in [2.24, 2.45) is 0 Å². The number of anilines is 1. The molecule has 0 aliphatic carbocycles. The van der Waals surface area contributed by atoms with Gasteiger partial charge in [0.05, 0.1) is 12.0 Å². The molecule has 0 fully saturated rings. The summed E-state index contributed by atoms with van der Waals surface area (Å²) < 4.78 is 11.6. The molecule has 16 heavy (non-hydrogen) atoms. The molecular formula is C10H12IN3O2. The predicted octanol–water partition coefficient (Wildman–Crippen LogP) is 1.77. The van der Waals surface area contributed by atoms with Crippen LogP contribution < -0.4 is 10.5 Å². The van der Waals surface area contributed by atoms with E-state index in [2.05, 4.69) is 32.8 Å². The molecule has 1 heterocycles. The standard InChI is InChI=1S/C10H12IN3O2/c1-15-4-5-16-7-3-2-6(11)8-9(7)13-14-10(8)12/h2-3H,4-5H2,1H3,(H3,12,13,14). The van der Waals surface area contributed by atoms with Gasteiger partial charge in [0.1, 0.15) is 17.9 Å². The summed E-state index contributed by atoms with van der Waals surface area (Å²) >= 11 is 2.22. The number of ether oxygens (including phenoxy) is 2. The molecule has 0 saturated heterocycles. The van der Waals surface area contributed by atoms with Gasteiger partial charge in [0.15, 0.2) is 5.82 Å². The number of nitrogens with zero attached hydrogens (tertiary/aromatic N) is 1. The third-order valence-corrected chi connectivity index (χ3v) is 3.10. The van der Waals surface area contributed by atoms with Crippen LogP contribution in [0.3, 0.4) is 0 Å². The Morgan fingerprint density at radius 1 is 1.44 bits per heavy atom. The normalized spacial score (nSPS) is 10.9. The summed E-state index contributed by atoms with van der Waals surface area (Å²) in [5.41, 5.74) is 6.61. The maximum Gasteiger partial charge on any atom is 0.154 e. The molecule has 0 saturated carbocycles. The van der Waals surface area contributed by atoms with Crippen LogP contribution in [0.2, 0.25) is 0 Å². The van der Waals surface area contributed by atoms with Gasteiger partial charge in [-0.25, -0.2) is 0 Å². The Morgan fingerprint density at radius 3 is 3.00 bits per heavy atom. The number of H-pyrrole nitrogens is 1. The van der Waals surface area contributed by atoms with E-state index < -0.39 is 0 Å². The summed E-state index contributed by atoms with van der Waals surface area (Å²) in [6.07, 6.45) is 0. The van der Waals surface area contributed by atoms with E-state index in [4.69, 9.17) is 15.2 Å². The highest BCUT2D eigenvalue weighted by molar-refractivity contribution is 14.1. The maximum absolute atomic E-state index is 5.77. The van der Waals surface area contributed by atoms with Gasteiger partial charge >= 0.3 is 0 Å². The molecule has 5 nitrogen and oxygen atoms in total. The lowest BCUT2D eigenvalue weighted by atomic mass is 10.2. The van der Waals surface area contributed by atoms with Gasteiger partial charge in [0.25, 0.3) is 0 Å². The van der Waals surface area contributed by atoms with Crippen LogP contribution in [0.4, 0.5) is 5.82 Å². The number of nitrogens with two attached hydrogens (primary N) is 1. The summed E-state index contributed by atoms with van der Waals surface area (Å²) in [4.78, 5) is 0. The molecule has 0 amide bonds. The molecule has 1 aromatic carbocycles. The van der Waals surface area contributed by atoms with Crippen molar-refractivity contribution in [2.45, 2.75) is 0 Å². The summed E-state index contributed by atoms with van der Waals surface area (Å²) in [6, 6.07) is 3.86. The number of aromatic nitrogens is 2. The second kappa shape index (κ2) is 4.88. The minimum Gasteiger partial charge on any atom is -0.489 e. The number of halogens is 1. The molecule has 0 unspecified atom stereocenters. The third kappa shape index (κ3) is 2.07. The number of methoxy groups -OCH3 is 1. The van der Waals surface area contributed by atoms with E-state index in [1.165, 1.54) is 0 Å². The average molecular weight is 333 g/mol. The van der Waals surface area contributed by atoms with E-state index in [1.54, 1.807) is 7.11 Å². The number of nitrogens with one attached hydrogen (secondary N) is 1. The van der Waals surface area contributed by atoms with Crippen LogP contribution >= 0.6 is 22.6 Å². The van der Waals surface area contributed by atoms with E-state index in [0.29, 0.717) is 19.0 Å². The van der Waals surface area contributed by atoms with Gasteiger partial charge in [0.2, 0.25) is 0 Å². The molecule has 0 spiro atoms. The van der Waals surface area contributed by atoms with Gasteiger partial charge in [-0.2, -0.15) is 5.10 Å². The second-order valence-corrected chi connectivity index (χ2v) is 4.41. The SMILES string of the molecule is COCCOc1ccc(I)c2c(N)n[nH]c12. The first-order valence-corrected chi connectivity index (χ1v) is 5.85. The van der Waals surface area contributed by atoms with Gasteiger partial charge < -0.3 is 15.2 Å². The van der Waals surface area contributed by atoms with Crippen LogP contribution in [0.5, 0.6) is 5.75 Å². The molecule has 1 aromatic heterocycles. The number of benzene rings is 1. The summed E-state index contributed by atoms with van der Waals surface area (Å²) in [7, 11) is 1.64. The molecule has 0 aliphatic rings. The van der Waals surface area contributed by atoms with Gasteiger partial charge in [-0.3, -0.25) is 5.10 Å². The molecule has 0 aliphatic heterocycles. The number of nitrogen functional groups attached to an aromatic ring is 1. The average Bonchev–Trinajstić information content (AvgIpc) is 2.66. The fourth-order valence-corrected chi connectivity index (χ4v) is 2.17. The van der Waals surface area contributed by atoms with Crippen molar-refractivity contribution >= 4 is 39.3 Å². The largest absolute Gasteiger partial charge is 0.489 e. The van der Waals surface area contributed by atoms with Crippen LogP contribution in [0, 0.1) is 3.57 Å². The fourth-order valence-electron chi connectivity index (χ4n) is 1.45. The third-order valence-electron chi connectivity index (χ3n) is 2.21. The van der Waals surface area contributed by atoms with E-state index >= 15 is 0 Å². The Kier molecular flexibility index (Phi) is 3.49. The first kappa shape index (κ1) is 11.5. The monoisotopic (exact) mass is 333 g/mol. The zero-order valence-corrected chi connectivity index (χ0v) is 10.9. The molecule has 86 valence electrons. The Balaban J connectivity index is 2.35. The number of aromatic amines is 1. The van der Waals surface area contributed by atoms with Crippen molar-refractivity contribution in [1.82, 2.24) is 10.2 Å². The topological polar surface area (TPSA) is 73.2 Å². The predicted molar refractivity (Wildman–Crippen MR) is 70.6 cm³/mol. The summed E-state index contributed by atoms with van der Waals surface area (Å²) in [5.74, 6) is 1.24. The Bertz CT molecular complexity index is 498. The molecule has 2 aromatic rings. The van der Waals surface area contributed by atoms with Crippen LogP contribution in [0.15, 0.2) is 12.1 Å². The van der Waals surface area contributed by atoms with Crippen LogP contribution in [-0.2, 0) is 4.74 Å². The van der Waals surface area contributed by atoms with Crippen molar-refractivity contribution in [2.75, 3.05) is 26.1 Å². The van der Waals surface area contributed by atoms with Crippen molar-refractivity contribution < 1.29 is 9.47 Å². The first-order chi connectivity index (χ1) is 7.74. The highest BCUT2D eigenvalue weighted by atomic mass is 127. The number of hydrogen-bond acceptors (Lipinski definition) is 4. The van der Waals surface area contributed by atoms with E-state index in [9.17, 15) is 0 Å². The van der Waals surface area contributed by atoms with E-state index in [-0.39, 0.29) is 0 Å². The van der Waals surface area contributed by atoms with Crippen molar-refractivity contribution in [3.05, 3.63) is 15.7 Å². The molecular weight excluding hydrogens is 321 g/mol. The van der Waals surface area contributed by atoms with Crippen LogP contribution in [-0.4, -0.2) is 30.5 Å². The molecule has 2 rings (SSSR count). The molecule has 0 bridgehead atoms. The lowest BCUT2D eigenvalue weighted by molar-refractivity contribution is 0.147. The lowest BCUT2D eigenvalue weighted by Gasteiger charge is -2.06. The van der Waals surface area contributed by atoms with Gasteiger partial charge in [-0.05, 0) is 34.7 Å². The van der Waals surface area contributed by atoms with Gasteiger partial charge in [-0.1, -0.05) is 0 Å². The lowest BCUT2D eigenvalue weighted by Crippen LogP contribution is -2.04. The summed E-state index contributed by atoms with van der Waals surface area (Å²) in [5, 5.41) is 7.77. The van der Waals surface area contributed by atoms with Gasteiger partial charge in [-0.15, -0.1) is 0 Å². The highest BCUT2D eigenvalue weighted by Crippen LogP contribution is 2.31. The van der Waals surface area contributed by atoms with Crippen LogP contribution in [0.1, 0.15) is 0 Å². The highest BCUT2D eigenvalue weighted by Gasteiger charge is 2.11. The Hall–Kier alpha value is -1.02. The van der Waals surface area contributed by atoms with E-state index in [0.717, 1.165) is 20.2 Å². The second-order valence-electron chi connectivity index (χ2n) is 3.25. The number of rotatable bonds is 4. The number of hydrogen-bond donors (Lipinski definition) is 2. The van der Waals surface area contributed by atoms with Gasteiger partial charge in [0, 0.05) is 10.7 Å². The molecule has 0 atom stereocenters. The molecule has 6 heteroatoms. The Morgan fingerprint density at radius 2 is 2.25 bits per heavy atom. The fraction of sp³-hybridized carbons (Fsp3) is 0.300. The van der Waals surface area contributed by atoms with Crippen molar-refractivity contribution in [1.29, 1.82) is 0 Å². The Labute approximate surface area is 106 Å². The first-order valence-electron chi connectivity index (χ1n) is 4.78. The zero-order valence-electron chi connectivity index (χ0n) is 8.79. The summed E-state index contributed by atoms with van der Waals surface area (Å²) in [6.45, 7) is 1.06. The molecule has 0 radical (unpaired) electrons. The minimum atomic E-state index is 0.497. The van der Waals surface area contributed by atoms with Crippen molar-refractivity contribution in [3.8, 4) is 5.75 Å². The number of fused-ring (bicyclic) bond motifs is 1. The van der Waals surface area contributed by atoms with E-state index in [1.807, 2.05) is 12.1 Å². The smallest absolute Gasteiger partial charge is 0.154 e. The maximum atomic E-state index is 5.77. The molecule has 3 N–H and O–H groups in total.